The zero-order valence-corrected chi connectivity index (χ0v) is 22.8. The molecule has 1 heterocycles. The number of hydrogen-bond acceptors (Lipinski definition) is 6. The molecule has 2 aromatic carbocycles. The van der Waals surface area contributed by atoms with Gasteiger partial charge in [-0.3, -0.25) is 4.79 Å². The molecule has 2 aliphatic rings. The number of benzene rings is 2. The molecule has 1 aliphatic carbocycles. The van der Waals surface area contributed by atoms with Crippen LogP contribution in [0.3, 0.4) is 0 Å². The van der Waals surface area contributed by atoms with Gasteiger partial charge in [0.05, 0.1) is 23.3 Å². The number of aromatic hydroxyl groups is 1. The molecule has 8 heteroatoms. The van der Waals surface area contributed by atoms with Crippen LogP contribution < -0.4 is 10.1 Å². The molecule has 4 rings (SSSR count). The summed E-state index contributed by atoms with van der Waals surface area (Å²) in [6.45, 7) is 6.22. The summed E-state index contributed by atoms with van der Waals surface area (Å²) in [6, 6.07) is 11.0. The predicted octanol–water partition coefficient (Wildman–Crippen LogP) is 6.52. The van der Waals surface area contributed by atoms with Crippen molar-refractivity contribution in [2.24, 2.45) is 0 Å². The van der Waals surface area contributed by atoms with Gasteiger partial charge in [0.25, 0.3) is 0 Å². The van der Waals surface area contributed by atoms with Crippen LogP contribution in [0, 0.1) is 0 Å². The predicted molar refractivity (Wildman–Crippen MR) is 142 cm³/mol. The number of rotatable bonds is 7. The first-order valence-corrected chi connectivity index (χ1v) is 13.2. The van der Waals surface area contributed by atoms with Crippen LogP contribution in [0.4, 0.5) is 0 Å². The summed E-state index contributed by atoms with van der Waals surface area (Å²) in [5.41, 5.74) is 4.08. The minimum atomic E-state index is -0.652. The molecule has 0 spiro atoms. The number of phenolic OH excluding ortho intramolecular Hbond substituents is 1. The van der Waals surface area contributed by atoms with E-state index in [1.807, 2.05) is 45.0 Å². The van der Waals surface area contributed by atoms with Gasteiger partial charge in [0.1, 0.15) is 0 Å². The van der Waals surface area contributed by atoms with Crippen LogP contribution in [-0.2, 0) is 14.3 Å². The SMILES string of the molecule is CCCOC(=O)C1=C(C)NC2=C(C(=O)C[C@@H](c3ccc(Cl)cc3)C2)[C@@H]1c1cc(Br)c(O)c(OCC)c1. The van der Waals surface area contributed by atoms with E-state index in [0.717, 1.165) is 11.3 Å². The summed E-state index contributed by atoms with van der Waals surface area (Å²) in [7, 11) is 0. The molecule has 1 aliphatic heterocycles. The molecule has 0 amide bonds. The Balaban J connectivity index is 1.83. The lowest BCUT2D eigenvalue weighted by Gasteiger charge is -2.37. The molecule has 0 aromatic heterocycles. The number of halogens is 2. The Hall–Kier alpha value is -2.77. The van der Waals surface area contributed by atoms with Gasteiger partial charge < -0.3 is 19.9 Å². The lowest BCUT2D eigenvalue weighted by molar-refractivity contribution is -0.139. The second-order valence-electron chi connectivity index (χ2n) is 8.99. The fourth-order valence-corrected chi connectivity index (χ4v) is 5.50. The third kappa shape index (κ3) is 5.18. The summed E-state index contributed by atoms with van der Waals surface area (Å²) in [5.74, 6) is -0.910. The third-order valence-electron chi connectivity index (χ3n) is 6.51. The summed E-state index contributed by atoms with van der Waals surface area (Å²) in [5, 5.41) is 14.5. The average Bonchev–Trinajstić information content (AvgIpc) is 2.84. The van der Waals surface area contributed by atoms with Gasteiger partial charge in [-0.2, -0.15) is 0 Å². The highest BCUT2D eigenvalue weighted by molar-refractivity contribution is 9.10. The lowest BCUT2D eigenvalue weighted by Crippen LogP contribution is -2.36. The molecule has 0 bridgehead atoms. The van der Waals surface area contributed by atoms with Gasteiger partial charge >= 0.3 is 5.97 Å². The molecule has 190 valence electrons. The van der Waals surface area contributed by atoms with E-state index in [2.05, 4.69) is 21.2 Å². The number of dihydropyridines is 1. The summed E-state index contributed by atoms with van der Waals surface area (Å²) in [4.78, 5) is 27.0. The minimum Gasteiger partial charge on any atom is -0.503 e. The normalized spacial score (nSPS) is 19.6. The van der Waals surface area contributed by atoms with Crippen molar-refractivity contribution in [2.45, 2.75) is 51.9 Å². The van der Waals surface area contributed by atoms with Crippen molar-refractivity contribution < 1.29 is 24.2 Å². The van der Waals surface area contributed by atoms with Gasteiger partial charge in [-0.05, 0) is 83.9 Å². The maximum Gasteiger partial charge on any atom is 0.336 e. The number of allylic oxidation sites excluding steroid dienone is 3. The molecule has 0 unspecified atom stereocenters. The van der Waals surface area contributed by atoms with Crippen molar-refractivity contribution >= 4 is 39.3 Å². The Kier molecular flexibility index (Phi) is 8.10. The number of nitrogens with one attached hydrogen (secondary N) is 1. The Morgan fingerprint density at radius 1 is 1.17 bits per heavy atom. The number of Topliss-reactive ketones (excluding diaryl/α,β-unsaturated/α-hetero) is 1. The number of ether oxygens (including phenoxy) is 2. The molecule has 0 saturated heterocycles. The maximum absolute atomic E-state index is 13.7. The number of phenols is 1. The van der Waals surface area contributed by atoms with Crippen molar-refractivity contribution in [1.29, 1.82) is 0 Å². The standard InChI is InChI=1S/C28H29BrClNO5/c1-4-10-36-28(34)24-15(3)31-21-12-17(16-6-8-19(30)9-7-16)13-22(32)26(21)25(24)18-11-20(29)27(33)23(14-18)35-5-2/h6-9,11,14,17,25,31,33H,4-5,10,12-13H2,1-3H3/t17-,25+/m0/s1. The maximum atomic E-state index is 13.7. The average molecular weight is 575 g/mol. The Bertz CT molecular complexity index is 1250. The topological polar surface area (TPSA) is 84.9 Å². The summed E-state index contributed by atoms with van der Waals surface area (Å²) in [6.07, 6.45) is 1.61. The van der Waals surface area contributed by atoms with Gasteiger partial charge in [0.15, 0.2) is 17.3 Å². The fraction of sp³-hybridized carbons (Fsp3) is 0.357. The van der Waals surface area contributed by atoms with Crippen molar-refractivity contribution in [3.05, 3.63) is 79.6 Å². The zero-order chi connectivity index (χ0) is 26.0. The van der Waals surface area contributed by atoms with E-state index in [1.54, 1.807) is 12.1 Å². The van der Waals surface area contributed by atoms with Gasteiger partial charge in [0.2, 0.25) is 0 Å². The Morgan fingerprint density at radius 2 is 1.89 bits per heavy atom. The van der Waals surface area contributed by atoms with E-state index in [-0.39, 0.29) is 29.8 Å². The van der Waals surface area contributed by atoms with Gasteiger partial charge in [-0.1, -0.05) is 30.7 Å². The van der Waals surface area contributed by atoms with Crippen LogP contribution in [0.2, 0.25) is 5.02 Å². The monoisotopic (exact) mass is 573 g/mol. The zero-order valence-electron chi connectivity index (χ0n) is 20.5. The number of hydrogen-bond donors (Lipinski definition) is 2. The first-order valence-electron chi connectivity index (χ1n) is 12.1. The molecular formula is C28H29BrClNO5. The van der Waals surface area contributed by atoms with E-state index < -0.39 is 11.9 Å². The minimum absolute atomic E-state index is 0.00593. The molecular weight excluding hydrogens is 546 g/mol. The van der Waals surface area contributed by atoms with Crippen LogP contribution in [0.5, 0.6) is 11.5 Å². The third-order valence-corrected chi connectivity index (χ3v) is 7.37. The summed E-state index contributed by atoms with van der Waals surface area (Å²) >= 11 is 9.47. The second-order valence-corrected chi connectivity index (χ2v) is 10.3. The molecule has 6 nitrogen and oxygen atoms in total. The van der Waals surface area contributed by atoms with E-state index in [1.165, 1.54) is 0 Å². The van der Waals surface area contributed by atoms with Crippen molar-refractivity contribution in [3.8, 4) is 11.5 Å². The van der Waals surface area contributed by atoms with E-state index in [9.17, 15) is 14.7 Å². The van der Waals surface area contributed by atoms with Gasteiger partial charge in [0, 0.05) is 34.3 Å². The van der Waals surface area contributed by atoms with Crippen LogP contribution in [-0.4, -0.2) is 30.1 Å². The molecule has 0 saturated carbocycles. The van der Waals surface area contributed by atoms with Crippen LogP contribution in [0.1, 0.15) is 63.0 Å². The summed E-state index contributed by atoms with van der Waals surface area (Å²) < 4.78 is 11.6. The molecule has 36 heavy (non-hydrogen) atoms. The number of ketones is 1. The molecule has 2 N–H and O–H groups in total. The van der Waals surface area contributed by atoms with Crippen molar-refractivity contribution in [2.75, 3.05) is 13.2 Å². The highest BCUT2D eigenvalue weighted by Crippen LogP contribution is 2.48. The van der Waals surface area contributed by atoms with Crippen molar-refractivity contribution in [3.63, 3.8) is 0 Å². The number of carbonyl (C=O) groups excluding carboxylic acids is 2. The van der Waals surface area contributed by atoms with Gasteiger partial charge in [-0.15, -0.1) is 0 Å². The van der Waals surface area contributed by atoms with Crippen molar-refractivity contribution in [1.82, 2.24) is 5.32 Å². The van der Waals surface area contributed by atoms with Crippen LogP contribution in [0.15, 0.2) is 63.4 Å². The molecule has 0 radical (unpaired) electrons. The smallest absolute Gasteiger partial charge is 0.336 e. The van der Waals surface area contributed by atoms with Crippen LogP contribution in [0.25, 0.3) is 0 Å². The second kappa shape index (κ2) is 11.1. The number of esters is 1. The molecule has 2 aromatic rings. The first kappa shape index (κ1) is 26.3. The molecule has 0 fully saturated rings. The highest BCUT2D eigenvalue weighted by Gasteiger charge is 2.42. The van der Waals surface area contributed by atoms with E-state index >= 15 is 0 Å². The lowest BCUT2D eigenvalue weighted by atomic mass is 9.71. The van der Waals surface area contributed by atoms with E-state index in [4.69, 9.17) is 21.1 Å². The fourth-order valence-electron chi connectivity index (χ4n) is 4.91. The first-order chi connectivity index (χ1) is 17.2. The van der Waals surface area contributed by atoms with E-state index in [0.29, 0.717) is 57.8 Å². The Labute approximate surface area is 224 Å². The van der Waals surface area contributed by atoms with Crippen LogP contribution >= 0.6 is 27.5 Å². The number of carbonyl (C=O) groups is 2. The highest BCUT2D eigenvalue weighted by atomic mass is 79.9. The van der Waals surface area contributed by atoms with Gasteiger partial charge in [-0.25, -0.2) is 4.79 Å². The largest absolute Gasteiger partial charge is 0.503 e. The molecule has 2 atom stereocenters. The Morgan fingerprint density at radius 3 is 2.56 bits per heavy atom. The quantitative estimate of drug-likeness (QED) is 0.366.